The van der Waals surface area contributed by atoms with Crippen LogP contribution in [0.3, 0.4) is 0 Å². The summed E-state index contributed by atoms with van der Waals surface area (Å²) in [5, 5.41) is 11.0. The van der Waals surface area contributed by atoms with Gasteiger partial charge in [0.1, 0.15) is 0 Å². The Bertz CT molecular complexity index is 807. The summed E-state index contributed by atoms with van der Waals surface area (Å²) in [6, 6.07) is 4.11. The zero-order valence-corrected chi connectivity index (χ0v) is 13.3. The van der Waals surface area contributed by atoms with Gasteiger partial charge in [0.05, 0.1) is 11.9 Å². The molecule has 0 aliphatic carbocycles. The average molecular weight is 326 g/mol. The van der Waals surface area contributed by atoms with Gasteiger partial charge in [0.2, 0.25) is 5.91 Å². The molecule has 0 bridgehead atoms. The Morgan fingerprint density at radius 3 is 2.83 bits per heavy atom. The molecule has 0 saturated carbocycles. The SMILES string of the molecule is NC(=O)c1n[nH]c2ccc3c(c12)CN(C1CCNCC1)C(=O)[CH]C3. The molecular weight excluding hydrogens is 306 g/mol. The first-order valence-electron chi connectivity index (χ1n) is 8.28. The number of hydrogen-bond acceptors (Lipinski definition) is 4. The predicted molar refractivity (Wildman–Crippen MR) is 89.1 cm³/mol. The van der Waals surface area contributed by atoms with Crippen LogP contribution in [0.5, 0.6) is 0 Å². The van der Waals surface area contributed by atoms with Gasteiger partial charge in [-0.25, -0.2) is 0 Å². The van der Waals surface area contributed by atoms with E-state index in [1.165, 1.54) is 0 Å². The second kappa shape index (κ2) is 5.90. The summed E-state index contributed by atoms with van der Waals surface area (Å²) in [5.74, 6) is -0.488. The molecule has 1 aromatic heterocycles. The van der Waals surface area contributed by atoms with E-state index in [4.69, 9.17) is 5.73 Å². The standard InChI is InChI=1S/C17H20N5O2/c18-17(24)16-15-12-9-22(11-5-7-19-8-6-11)14(23)4-2-10(12)1-3-13(15)20-21-16/h1,3-4,11,19H,2,5-9H2,(H2,18,24)(H,20,21). The number of aromatic nitrogens is 2. The smallest absolute Gasteiger partial charge is 0.269 e. The fraction of sp³-hybridized carbons (Fsp3) is 0.412. The number of piperidine rings is 1. The highest BCUT2D eigenvalue weighted by Crippen LogP contribution is 2.30. The molecule has 3 heterocycles. The van der Waals surface area contributed by atoms with Crippen LogP contribution < -0.4 is 11.1 Å². The van der Waals surface area contributed by atoms with E-state index in [2.05, 4.69) is 15.5 Å². The highest BCUT2D eigenvalue weighted by Gasteiger charge is 2.30. The van der Waals surface area contributed by atoms with E-state index in [-0.39, 0.29) is 17.6 Å². The number of nitrogens with one attached hydrogen (secondary N) is 2. The molecule has 4 rings (SSSR count). The van der Waals surface area contributed by atoms with Crippen LogP contribution in [0.4, 0.5) is 0 Å². The lowest BCUT2D eigenvalue weighted by molar-refractivity contribution is -0.130. The van der Waals surface area contributed by atoms with E-state index in [1.807, 2.05) is 17.0 Å². The van der Waals surface area contributed by atoms with Gasteiger partial charge in [0.25, 0.3) is 5.91 Å². The van der Waals surface area contributed by atoms with E-state index < -0.39 is 5.91 Å². The number of nitrogens with two attached hydrogens (primary N) is 1. The summed E-state index contributed by atoms with van der Waals surface area (Å²) in [6.45, 7) is 2.33. The molecule has 0 unspecified atom stereocenters. The van der Waals surface area contributed by atoms with Crippen molar-refractivity contribution < 1.29 is 9.59 Å². The van der Waals surface area contributed by atoms with Gasteiger partial charge in [0, 0.05) is 18.0 Å². The summed E-state index contributed by atoms with van der Waals surface area (Å²) < 4.78 is 0. The van der Waals surface area contributed by atoms with E-state index >= 15 is 0 Å². The van der Waals surface area contributed by atoms with Gasteiger partial charge in [-0.1, -0.05) is 6.07 Å². The number of aromatic amines is 1. The van der Waals surface area contributed by atoms with E-state index in [1.54, 1.807) is 6.42 Å². The Balaban J connectivity index is 1.80. The second-order valence-electron chi connectivity index (χ2n) is 6.42. The maximum atomic E-state index is 12.6. The lowest BCUT2D eigenvalue weighted by Gasteiger charge is -2.34. The molecule has 7 heteroatoms. The van der Waals surface area contributed by atoms with Crippen molar-refractivity contribution in [2.75, 3.05) is 13.1 Å². The number of carbonyl (C=O) groups excluding carboxylic acids is 2. The first-order valence-corrected chi connectivity index (χ1v) is 8.28. The largest absolute Gasteiger partial charge is 0.364 e. The number of carbonyl (C=O) groups is 2. The van der Waals surface area contributed by atoms with Crippen molar-refractivity contribution in [1.29, 1.82) is 0 Å². The molecule has 0 spiro atoms. The van der Waals surface area contributed by atoms with Crippen molar-refractivity contribution in [2.24, 2.45) is 5.73 Å². The first-order chi connectivity index (χ1) is 11.6. The molecule has 2 aliphatic heterocycles. The summed E-state index contributed by atoms with van der Waals surface area (Å²) in [7, 11) is 0. The Kier molecular flexibility index (Phi) is 3.72. The number of hydrogen-bond donors (Lipinski definition) is 3. The van der Waals surface area contributed by atoms with Gasteiger partial charge in [-0.05, 0) is 49.5 Å². The minimum Gasteiger partial charge on any atom is -0.364 e. The Morgan fingerprint density at radius 2 is 2.08 bits per heavy atom. The summed E-state index contributed by atoms with van der Waals surface area (Å²) in [4.78, 5) is 26.3. The minimum atomic E-state index is -0.553. The summed E-state index contributed by atoms with van der Waals surface area (Å²) >= 11 is 0. The van der Waals surface area contributed by atoms with Crippen LogP contribution in [0.2, 0.25) is 0 Å². The maximum absolute atomic E-state index is 12.6. The Hall–Kier alpha value is -2.41. The van der Waals surface area contributed by atoms with Crippen molar-refractivity contribution in [3.05, 3.63) is 35.4 Å². The fourth-order valence-corrected chi connectivity index (χ4v) is 3.77. The van der Waals surface area contributed by atoms with Crippen LogP contribution in [0, 0.1) is 6.42 Å². The second-order valence-corrected chi connectivity index (χ2v) is 6.42. The lowest BCUT2D eigenvalue weighted by Crippen LogP contribution is -2.45. The van der Waals surface area contributed by atoms with Crippen LogP contribution in [0.25, 0.3) is 10.9 Å². The van der Waals surface area contributed by atoms with Gasteiger partial charge in [-0.2, -0.15) is 5.10 Å². The zero-order valence-electron chi connectivity index (χ0n) is 13.3. The number of rotatable bonds is 2. The first kappa shape index (κ1) is 15.1. The zero-order chi connectivity index (χ0) is 16.7. The number of nitrogens with zero attached hydrogens (tertiary/aromatic N) is 2. The summed E-state index contributed by atoms with van der Waals surface area (Å²) in [6.07, 6.45) is 4.19. The van der Waals surface area contributed by atoms with Crippen molar-refractivity contribution in [3.63, 3.8) is 0 Å². The Morgan fingerprint density at radius 1 is 1.29 bits per heavy atom. The number of benzene rings is 1. The molecule has 2 aliphatic rings. The molecule has 2 amide bonds. The fourth-order valence-electron chi connectivity index (χ4n) is 3.77. The van der Waals surface area contributed by atoms with E-state index in [0.717, 1.165) is 48.0 Å². The molecule has 7 nitrogen and oxygen atoms in total. The average Bonchev–Trinajstić information content (AvgIpc) is 2.96. The minimum absolute atomic E-state index is 0.0652. The van der Waals surface area contributed by atoms with Gasteiger partial charge >= 0.3 is 0 Å². The maximum Gasteiger partial charge on any atom is 0.269 e. The van der Waals surface area contributed by atoms with Crippen LogP contribution in [-0.4, -0.2) is 46.0 Å². The quantitative estimate of drug-likeness (QED) is 0.747. The lowest BCUT2D eigenvalue weighted by atomic mass is 9.98. The predicted octanol–water partition coefficient (Wildman–Crippen LogP) is 0.503. The molecule has 0 atom stereocenters. The number of fused-ring (bicyclic) bond motifs is 3. The normalized spacial score (nSPS) is 19.3. The molecular formula is C17H20N5O2. The van der Waals surface area contributed by atoms with Gasteiger partial charge in [0.15, 0.2) is 5.69 Å². The monoisotopic (exact) mass is 326 g/mol. The van der Waals surface area contributed by atoms with Crippen LogP contribution in [0.15, 0.2) is 12.1 Å². The third kappa shape index (κ3) is 2.45. The van der Waals surface area contributed by atoms with Crippen molar-refractivity contribution in [1.82, 2.24) is 20.4 Å². The third-order valence-corrected chi connectivity index (χ3v) is 5.03. The number of primary amides is 1. The Labute approximate surface area is 139 Å². The highest BCUT2D eigenvalue weighted by molar-refractivity contribution is 6.05. The highest BCUT2D eigenvalue weighted by atomic mass is 16.2. The van der Waals surface area contributed by atoms with E-state index in [0.29, 0.717) is 13.0 Å². The van der Waals surface area contributed by atoms with Crippen LogP contribution >= 0.6 is 0 Å². The van der Waals surface area contributed by atoms with Crippen molar-refractivity contribution >= 4 is 22.7 Å². The van der Waals surface area contributed by atoms with Gasteiger partial charge in [-0.3, -0.25) is 14.7 Å². The number of amides is 2. The molecule has 1 radical (unpaired) electrons. The van der Waals surface area contributed by atoms with Gasteiger partial charge < -0.3 is 16.0 Å². The topological polar surface area (TPSA) is 104 Å². The van der Waals surface area contributed by atoms with E-state index in [9.17, 15) is 9.59 Å². The molecule has 4 N–H and O–H groups in total. The number of H-pyrrole nitrogens is 1. The molecule has 2 aromatic rings. The molecule has 125 valence electrons. The van der Waals surface area contributed by atoms with Gasteiger partial charge in [-0.15, -0.1) is 0 Å². The van der Waals surface area contributed by atoms with Crippen molar-refractivity contribution in [2.45, 2.75) is 31.8 Å². The molecule has 24 heavy (non-hydrogen) atoms. The van der Waals surface area contributed by atoms with Crippen LogP contribution in [0.1, 0.15) is 34.5 Å². The van der Waals surface area contributed by atoms with Crippen LogP contribution in [-0.2, 0) is 17.8 Å². The third-order valence-electron chi connectivity index (χ3n) is 5.03. The molecule has 1 fully saturated rings. The molecule has 1 saturated heterocycles. The summed E-state index contributed by atoms with van der Waals surface area (Å²) in [5.41, 5.74) is 8.55. The molecule has 1 aromatic carbocycles. The van der Waals surface area contributed by atoms with Crippen molar-refractivity contribution in [3.8, 4) is 0 Å².